The van der Waals surface area contributed by atoms with Crippen molar-refractivity contribution in [1.29, 1.82) is 0 Å². The van der Waals surface area contributed by atoms with E-state index in [2.05, 4.69) is 5.10 Å². The second-order valence-electron chi connectivity index (χ2n) is 6.36. The zero-order valence-electron chi connectivity index (χ0n) is 13.7. The third-order valence-electron chi connectivity index (χ3n) is 4.55. The summed E-state index contributed by atoms with van der Waals surface area (Å²) in [6, 6.07) is 8.46. The van der Waals surface area contributed by atoms with E-state index in [0.29, 0.717) is 11.6 Å². The Balaban J connectivity index is 1.82. The van der Waals surface area contributed by atoms with Gasteiger partial charge in [0, 0.05) is 36.6 Å². The molecule has 25 heavy (non-hydrogen) atoms. The lowest BCUT2D eigenvalue weighted by Crippen LogP contribution is -2.16. The maximum absolute atomic E-state index is 12.0. The van der Waals surface area contributed by atoms with Crippen molar-refractivity contribution in [2.75, 3.05) is 0 Å². The van der Waals surface area contributed by atoms with Gasteiger partial charge in [-0.15, -0.1) is 0 Å². The van der Waals surface area contributed by atoms with Crippen LogP contribution in [0.25, 0.3) is 16.8 Å². The van der Waals surface area contributed by atoms with Gasteiger partial charge in [0.1, 0.15) is 0 Å². The predicted molar refractivity (Wildman–Crippen MR) is 93.2 cm³/mol. The van der Waals surface area contributed by atoms with Crippen molar-refractivity contribution >= 4 is 5.97 Å². The van der Waals surface area contributed by atoms with Crippen LogP contribution in [0.5, 0.6) is 0 Å². The van der Waals surface area contributed by atoms with Crippen molar-refractivity contribution in [2.24, 2.45) is 7.05 Å². The number of carboxylic acid groups (broad SMARTS) is 1. The van der Waals surface area contributed by atoms with Crippen LogP contribution in [0.3, 0.4) is 0 Å². The molecule has 3 aromatic rings. The lowest BCUT2D eigenvalue weighted by molar-refractivity contribution is 0.0696. The molecule has 2 heterocycles. The molecule has 0 unspecified atom stereocenters. The molecule has 4 rings (SSSR count). The third-order valence-corrected chi connectivity index (χ3v) is 4.55. The van der Waals surface area contributed by atoms with Gasteiger partial charge in [-0.25, -0.2) is 9.48 Å². The highest BCUT2D eigenvalue weighted by molar-refractivity contribution is 5.91. The third kappa shape index (κ3) is 2.76. The maximum atomic E-state index is 12.0. The number of rotatable bonds is 4. The lowest BCUT2D eigenvalue weighted by Gasteiger charge is -2.09. The molecule has 1 aliphatic carbocycles. The maximum Gasteiger partial charge on any atom is 0.337 e. The molecular weight excluding hydrogens is 318 g/mol. The Kier molecular flexibility index (Phi) is 3.53. The first kappa shape index (κ1) is 15.4. The number of hydrogen-bond donors (Lipinski definition) is 1. The van der Waals surface area contributed by atoms with Crippen LogP contribution in [0.1, 0.15) is 34.7 Å². The fourth-order valence-electron chi connectivity index (χ4n) is 3.07. The van der Waals surface area contributed by atoms with Crippen LogP contribution >= 0.6 is 0 Å². The molecule has 0 radical (unpaired) electrons. The van der Waals surface area contributed by atoms with Crippen LogP contribution in [0.4, 0.5) is 0 Å². The number of aryl methyl sites for hydroxylation is 1. The summed E-state index contributed by atoms with van der Waals surface area (Å²) in [5, 5.41) is 13.7. The van der Waals surface area contributed by atoms with E-state index in [0.717, 1.165) is 29.5 Å². The zero-order chi connectivity index (χ0) is 17.6. The van der Waals surface area contributed by atoms with Gasteiger partial charge in [0.15, 0.2) is 0 Å². The molecule has 1 aromatic carbocycles. The molecule has 0 amide bonds. The van der Waals surface area contributed by atoms with E-state index in [4.69, 9.17) is 0 Å². The molecular formula is C19H17N3O3. The van der Waals surface area contributed by atoms with Gasteiger partial charge in [0.25, 0.3) is 5.56 Å². The minimum Gasteiger partial charge on any atom is -0.478 e. The van der Waals surface area contributed by atoms with E-state index in [1.165, 1.54) is 0 Å². The second-order valence-corrected chi connectivity index (χ2v) is 6.36. The second kappa shape index (κ2) is 5.73. The van der Waals surface area contributed by atoms with Crippen molar-refractivity contribution < 1.29 is 9.90 Å². The number of hydrogen-bond acceptors (Lipinski definition) is 3. The summed E-state index contributed by atoms with van der Waals surface area (Å²) in [4.78, 5) is 23.4. The number of pyridine rings is 1. The first-order valence-corrected chi connectivity index (χ1v) is 8.13. The number of aromatic nitrogens is 3. The van der Waals surface area contributed by atoms with Gasteiger partial charge in [-0.3, -0.25) is 4.79 Å². The van der Waals surface area contributed by atoms with Gasteiger partial charge in [0.2, 0.25) is 0 Å². The molecule has 0 bridgehead atoms. The summed E-state index contributed by atoms with van der Waals surface area (Å²) in [5.74, 6) is -0.563. The highest BCUT2D eigenvalue weighted by Crippen LogP contribution is 2.43. The minimum absolute atomic E-state index is 0.0192. The Morgan fingerprint density at radius 2 is 2.00 bits per heavy atom. The van der Waals surface area contributed by atoms with E-state index in [-0.39, 0.29) is 11.1 Å². The molecule has 1 saturated carbocycles. The van der Waals surface area contributed by atoms with Crippen LogP contribution in [0, 0.1) is 0 Å². The Hall–Kier alpha value is -3.15. The zero-order valence-corrected chi connectivity index (χ0v) is 13.7. The first-order valence-electron chi connectivity index (χ1n) is 8.13. The minimum atomic E-state index is -0.992. The van der Waals surface area contributed by atoms with Gasteiger partial charge in [-0.05, 0) is 36.5 Å². The number of nitrogens with zero attached hydrogens (tertiary/aromatic N) is 3. The summed E-state index contributed by atoms with van der Waals surface area (Å²) in [7, 11) is 1.73. The summed E-state index contributed by atoms with van der Waals surface area (Å²) < 4.78 is 3.13. The molecule has 1 fully saturated rings. The summed E-state index contributed by atoms with van der Waals surface area (Å²) in [6.45, 7) is 0. The van der Waals surface area contributed by atoms with Crippen molar-refractivity contribution in [1.82, 2.24) is 14.3 Å². The van der Waals surface area contributed by atoms with Crippen LogP contribution in [-0.2, 0) is 7.05 Å². The number of para-hydroxylation sites is 1. The Morgan fingerprint density at radius 3 is 2.72 bits per heavy atom. The number of carbonyl (C=O) groups is 1. The highest BCUT2D eigenvalue weighted by Gasteiger charge is 2.27. The largest absolute Gasteiger partial charge is 0.478 e. The first-order chi connectivity index (χ1) is 12.0. The van der Waals surface area contributed by atoms with E-state index in [9.17, 15) is 14.7 Å². The Labute approximate surface area is 144 Å². The Bertz CT molecular complexity index is 1030. The number of carboxylic acids is 1. The Morgan fingerprint density at radius 1 is 1.24 bits per heavy atom. The highest BCUT2D eigenvalue weighted by atomic mass is 16.4. The van der Waals surface area contributed by atoms with E-state index in [1.807, 2.05) is 12.4 Å². The SMILES string of the molecule is Cn1cc(-c2cnn(-c3ccccc3C(=O)O)c2)c(C2CC2)cc1=O. The van der Waals surface area contributed by atoms with E-state index in [1.54, 1.807) is 52.8 Å². The molecule has 126 valence electrons. The molecule has 0 spiro atoms. The molecule has 6 nitrogen and oxygen atoms in total. The fourth-order valence-corrected chi connectivity index (χ4v) is 3.07. The topological polar surface area (TPSA) is 77.1 Å². The van der Waals surface area contributed by atoms with Gasteiger partial charge in [-0.2, -0.15) is 5.10 Å². The van der Waals surface area contributed by atoms with Gasteiger partial charge in [-0.1, -0.05) is 12.1 Å². The molecule has 0 aliphatic heterocycles. The summed E-state index contributed by atoms with van der Waals surface area (Å²) >= 11 is 0. The average molecular weight is 335 g/mol. The quantitative estimate of drug-likeness (QED) is 0.795. The van der Waals surface area contributed by atoms with Crippen LogP contribution in [0.2, 0.25) is 0 Å². The van der Waals surface area contributed by atoms with Gasteiger partial charge >= 0.3 is 5.97 Å². The molecule has 0 saturated heterocycles. The fraction of sp³-hybridized carbons (Fsp3) is 0.211. The van der Waals surface area contributed by atoms with Crippen molar-refractivity contribution in [3.63, 3.8) is 0 Å². The molecule has 0 atom stereocenters. The summed E-state index contributed by atoms with van der Waals surface area (Å²) in [5.41, 5.74) is 3.59. The van der Waals surface area contributed by atoms with E-state index >= 15 is 0 Å². The van der Waals surface area contributed by atoms with Crippen molar-refractivity contribution in [2.45, 2.75) is 18.8 Å². The van der Waals surface area contributed by atoms with E-state index < -0.39 is 5.97 Å². The smallest absolute Gasteiger partial charge is 0.337 e. The normalized spacial score (nSPS) is 13.8. The average Bonchev–Trinajstić information content (AvgIpc) is 3.33. The number of aromatic carboxylic acids is 1. The van der Waals surface area contributed by atoms with Crippen molar-refractivity contribution in [3.8, 4) is 16.8 Å². The van der Waals surface area contributed by atoms with Crippen molar-refractivity contribution in [3.05, 3.63) is 70.4 Å². The van der Waals surface area contributed by atoms with Crippen LogP contribution in [0.15, 0.2) is 53.7 Å². The monoisotopic (exact) mass is 335 g/mol. The standard InChI is InChI=1S/C19H17N3O3/c1-21-11-16(15(8-18(21)23)12-6-7-12)13-9-20-22(10-13)17-5-3-2-4-14(17)19(24)25/h2-5,8-12H,6-7H2,1H3,(H,24,25). The predicted octanol–water partition coefficient (Wildman–Crippen LogP) is 2.81. The number of benzene rings is 1. The molecule has 1 aliphatic rings. The van der Waals surface area contributed by atoms with Gasteiger partial charge < -0.3 is 9.67 Å². The molecule has 6 heteroatoms. The lowest BCUT2D eigenvalue weighted by atomic mass is 10.0. The van der Waals surface area contributed by atoms with Gasteiger partial charge in [0.05, 0.1) is 17.4 Å². The summed E-state index contributed by atoms with van der Waals surface area (Å²) in [6.07, 6.45) is 7.55. The molecule has 2 aromatic heterocycles. The molecule has 1 N–H and O–H groups in total. The van der Waals surface area contributed by atoms with Crippen LogP contribution in [-0.4, -0.2) is 25.4 Å². The van der Waals surface area contributed by atoms with Crippen LogP contribution < -0.4 is 5.56 Å².